The highest BCUT2D eigenvalue weighted by Gasteiger charge is 2.25. The standard InChI is InChI=1S/C19H26N4O2/c1-11(2)15-10-16(23-22-15)20-19(25)17(12(3)4)21-18(24)14-8-6-13(5)7-9-14/h6-12,17H,1-5H3,(H,21,24)(H2,20,22,23,25). The van der Waals surface area contributed by atoms with Crippen LogP contribution in [0.2, 0.25) is 0 Å². The molecule has 3 N–H and O–H groups in total. The molecule has 1 unspecified atom stereocenters. The summed E-state index contributed by atoms with van der Waals surface area (Å²) in [5.41, 5.74) is 2.56. The maximum atomic E-state index is 12.6. The summed E-state index contributed by atoms with van der Waals surface area (Å²) in [4.78, 5) is 25.0. The maximum absolute atomic E-state index is 12.6. The van der Waals surface area contributed by atoms with E-state index in [1.54, 1.807) is 12.1 Å². The minimum absolute atomic E-state index is 0.0575. The van der Waals surface area contributed by atoms with Gasteiger partial charge in [0.15, 0.2) is 5.82 Å². The van der Waals surface area contributed by atoms with Crippen molar-refractivity contribution in [3.05, 3.63) is 47.2 Å². The number of amides is 2. The SMILES string of the molecule is Cc1ccc(C(=O)NC(C(=O)Nc2cc(C(C)C)[nH]n2)C(C)C)cc1. The smallest absolute Gasteiger partial charge is 0.251 e. The average Bonchev–Trinajstić information content (AvgIpc) is 3.01. The fourth-order valence-electron chi connectivity index (χ4n) is 2.36. The molecule has 0 fully saturated rings. The van der Waals surface area contributed by atoms with E-state index in [4.69, 9.17) is 0 Å². The Labute approximate surface area is 148 Å². The van der Waals surface area contributed by atoms with Crippen molar-refractivity contribution in [1.82, 2.24) is 15.5 Å². The van der Waals surface area contributed by atoms with Gasteiger partial charge in [0.1, 0.15) is 6.04 Å². The molecule has 134 valence electrons. The number of rotatable bonds is 6. The van der Waals surface area contributed by atoms with Crippen LogP contribution in [0.25, 0.3) is 0 Å². The molecule has 2 rings (SSSR count). The van der Waals surface area contributed by atoms with Crippen LogP contribution in [0.1, 0.15) is 55.2 Å². The molecule has 0 saturated heterocycles. The number of hydrogen-bond acceptors (Lipinski definition) is 3. The highest BCUT2D eigenvalue weighted by molar-refractivity contribution is 6.01. The van der Waals surface area contributed by atoms with Crippen molar-refractivity contribution in [2.75, 3.05) is 5.32 Å². The van der Waals surface area contributed by atoms with Crippen molar-refractivity contribution in [3.63, 3.8) is 0 Å². The first kappa shape index (κ1) is 18.7. The fraction of sp³-hybridized carbons (Fsp3) is 0.421. The summed E-state index contributed by atoms with van der Waals surface area (Å²) in [5.74, 6) is 0.151. The Morgan fingerprint density at radius 2 is 1.72 bits per heavy atom. The van der Waals surface area contributed by atoms with Crippen LogP contribution in [0.15, 0.2) is 30.3 Å². The number of aryl methyl sites for hydroxylation is 1. The zero-order chi connectivity index (χ0) is 18.6. The van der Waals surface area contributed by atoms with Crippen LogP contribution in [-0.4, -0.2) is 28.1 Å². The van der Waals surface area contributed by atoms with Crippen molar-refractivity contribution in [1.29, 1.82) is 0 Å². The molecular formula is C19H26N4O2. The van der Waals surface area contributed by atoms with Gasteiger partial charge in [0, 0.05) is 17.3 Å². The van der Waals surface area contributed by atoms with E-state index in [0.717, 1.165) is 11.3 Å². The number of carbonyl (C=O) groups is 2. The number of aromatic nitrogens is 2. The first-order valence-electron chi connectivity index (χ1n) is 8.51. The van der Waals surface area contributed by atoms with Crippen LogP contribution in [0, 0.1) is 12.8 Å². The Morgan fingerprint density at radius 3 is 2.24 bits per heavy atom. The molecule has 1 heterocycles. The Balaban J connectivity index is 2.07. The third kappa shape index (κ3) is 4.92. The van der Waals surface area contributed by atoms with Crippen LogP contribution in [0.5, 0.6) is 0 Å². The first-order valence-corrected chi connectivity index (χ1v) is 8.51. The molecule has 6 heteroatoms. The van der Waals surface area contributed by atoms with Crippen molar-refractivity contribution in [3.8, 4) is 0 Å². The third-order valence-corrected chi connectivity index (χ3v) is 4.02. The number of nitrogens with zero attached hydrogens (tertiary/aromatic N) is 1. The number of benzene rings is 1. The van der Waals surface area contributed by atoms with Crippen molar-refractivity contribution >= 4 is 17.6 Å². The molecule has 0 radical (unpaired) electrons. The second-order valence-corrected chi connectivity index (χ2v) is 6.91. The normalized spacial score (nSPS) is 12.3. The van der Waals surface area contributed by atoms with Crippen LogP contribution in [-0.2, 0) is 4.79 Å². The molecule has 0 spiro atoms. The Kier molecular flexibility index (Phi) is 5.96. The maximum Gasteiger partial charge on any atom is 0.251 e. The van der Waals surface area contributed by atoms with Crippen molar-refractivity contribution in [2.45, 2.75) is 46.6 Å². The van der Waals surface area contributed by atoms with Gasteiger partial charge >= 0.3 is 0 Å². The number of aromatic amines is 1. The van der Waals surface area contributed by atoms with E-state index < -0.39 is 6.04 Å². The zero-order valence-electron chi connectivity index (χ0n) is 15.4. The summed E-state index contributed by atoms with van der Waals surface area (Å²) in [5, 5.41) is 12.6. The monoisotopic (exact) mass is 342 g/mol. The van der Waals surface area contributed by atoms with Gasteiger partial charge in [0.25, 0.3) is 5.91 Å². The molecule has 0 aliphatic heterocycles. The molecule has 0 aliphatic carbocycles. The van der Waals surface area contributed by atoms with Gasteiger partial charge < -0.3 is 10.6 Å². The number of hydrogen-bond donors (Lipinski definition) is 3. The van der Waals surface area contributed by atoms with E-state index in [1.807, 2.05) is 52.8 Å². The quantitative estimate of drug-likeness (QED) is 0.753. The molecule has 2 amide bonds. The predicted molar refractivity (Wildman–Crippen MR) is 98.6 cm³/mol. The van der Waals surface area contributed by atoms with Gasteiger partial charge in [-0.2, -0.15) is 5.10 Å². The number of carbonyl (C=O) groups excluding carboxylic acids is 2. The fourth-order valence-corrected chi connectivity index (χ4v) is 2.36. The van der Waals surface area contributed by atoms with Gasteiger partial charge in [-0.3, -0.25) is 14.7 Å². The van der Waals surface area contributed by atoms with Crippen LogP contribution < -0.4 is 10.6 Å². The molecule has 0 bridgehead atoms. The lowest BCUT2D eigenvalue weighted by Crippen LogP contribution is -2.47. The first-order chi connectivity index (χ1) is 11.8. The van der Waals surface area contributed by atoms with Crippen LogP contribution in [0.4, 0.5) is 5.82 Å². The summed E-state index contributed by atoms with van der Waals surface area (Å²) in [6.07, 6.45) is 0. The van der Waals surface area contributed by atoms with E-state index in [-0.39, 0.29) is 17.7 Å². The minimum atomic E-state index is -0.645. The van der Waals surface area contributed by atoms with Gasteiger partial charge in [-0.25, -0.2) is 0 Å². The van der Waals surface area contributed by atoms with Crippen LogP contribution >= 0.6 is 0 Å². The van der Waals surface area contributed by atoms with Gasteiger partial charge in [-0.05, 0) is 30.9 Å². The molecule has 0 aliphatic rings. The summed E-state index contributed by atoms with van der Waals surface area (Å²) < 4.78 is 0. The number of H-pyrrole nitrogens is 1. The van der Waals surface area contributed by atoms with Crippen molar-refractivity contribution < 1.29 is 9.59 Å². The Hall–Kier alpha value is -2.63. The number of anilines is 1. The lowest BCUT2D eigenvalue weighted by Gasteiger charge is -2.21. The summed E-state index contributed by atoms with van der Waals surface area (Å²) in [7, 11) is 0. The Bertz CT molecular complexity index is 732. The average molecular weight is 342 g/mol. The molecule has 1 aromatic heterocycles. The van der Waals surface area contributed by atoms with Crippen LogP contribution in [0.3, 0.4) is 0 Å². The van der Waals surface area contributed by atoms with Crippen molar-refractivity contribution in [2.24, 2.45) is 5.92 Å². The molecule has 6 nitrogen and oxygen atoms in total. The second-order valence-electron chi connectivity index (χ2n) is 6.91. The highest BCUT2D eigenvalue weighted by atomic mass is 16.2. The number of nitrogens with one attached hydrogen (secondary N) is 3. The van der Waals surface area contributed by atoms with E-state index in [1.165, 1.54) is 0 Å². The zero-order valence-corrected chi connectivity index (χ0v) is 15.4. The summed E-state index contributed by atoms with van der Waals surface area (Å²) in [6, 6.07) is 8.41. The van der Waals surface area contributed by atoms with E-state index in [9.17, 15) is 9.59 Å². The van der Waals surface area contributed by atoms with E-state index >= 15 is 0 Å². The lowest BCUT2D eigenvalue weighted by atomic mass is 10.0. The van der Waals surface area contributed by atoms with Gasteiger partial charge in [-0.1, -0.05) is 45.4 Å². The van der Waals surface area contributed by atoms with Gasteiger partial charge in [0.05, 0.1) is 0 Å². The molecule has 0 saturated carbocycles. The predicted octanol–water partition coefficient (Wildman–Crippen LogP) is 3.23. The summed E-state index contributed by atoms with van der Waals surface area (Å²) in [6.45, 7) is 9.82. The molecule has 25 heavy (non-hydrogen) atoms. The minimum Gasteiger partial charge on any atom is -0.340 e. The van der Waals surface area contributed by atoms with E-state index in [0.29, 0.717) is 17.3 Å². The highest BCUT2D eigenvalue weighted by Crippen LogP contribution is 2.16. The topological polar surface area (TPSA) is 86.9 Å². The molecular weight excluding hydrogens is 316 g/mol. The lowest BCUT2D eigenvalue weighted by molar-refractivity contribution is -0.118. The van der Waals surface area contributed by atoms with Gasteiger partial charge in [0.2, 0.25) is 5.91 Å². The molecule has 2 aromatic rings. The second kappa shape index (κ2) is 7.96. The summed E-state index contributed by atoms with van der Waals surface area (Å²) >= 11 is 0. The largest absolute Gasteiger partial charge is 0.340 e. The molecule has 1 aromatic carbocycles. The third-order valence-electron chi connectivity index (χ3n) is 4.02. The Morgan fingerprint density at radius 1 is 1.08 bits per heavy atom. The molecule has 1 atom stereocenters. The van der Waals surface area contributed by atoms with Gasteiger partial charge in [-0.15, -0.1) is 0 Å². The van der Waals surface area contributed by atoms with E-state index in [2.05, 4.69) is 20.8 Å².